The Hall–Kier alpha value is -1.84. The van der Waals surface area contributed by atoms with E-state index >= 15 is 0 Å². The van der Waals surface area contributed by atoms with Crippen LogP contribution < -0.4 is 4.90 Å². The van der Waals surface area contributed by atoms with Crippen LogP contribution in [0.3, 0.4) is 0 Å². The Morgan fingerprint density at radius 1 is 1.00 bits per heavy atom. The lowest BCUT2D eigenvalue weighted by molar-refractivity contribution is -0.119. The Kier molecular flexibility index (Phi) is 9.52. The molecule has 4 heteroatoms. The van der Waals surface area contributed by atoms with E-state index in [1.165, 1.54) is 5.56 Å². The molecular weight excluding hydrogens is 368 g/mol. The van der Waals surface area contributed by atoms with Gasteiger partial charge < -0.3 is 9.80 Å². The maximum Gasteiger partial charge on any atom is 0.227 e. The summed E-state index contributed by atoms with van der Waals surface area (Å²) in [5, 5.41) is 0. The Bertz CT molecular complexity index is 684. The minimum absolute atomic E-state index is 0. The van der Waals surface area contributed by atoms with Crippen LogP contribution in [-0.4, -0.2) is 36.5 Å². The molecule has 1 fully saturated rings. The highest BCUT2D eigenvalue weighted by Crippen LogP contribution is 2.25. The first kappa shape index (κ1) is 22.4. The first-order valence-electron chi connectivity index (χ1n) is 10.4. The molecular formula is C24H33ClN2O. The van der Waals surface area contributed by atoms with Crippen LogP contribution in [-0.2, 0) is 11.2 Å². The van der Waals surface area contributed by atoms with E-state index in [4.69, 9.17) is 0 Å². The molecule has 1 amide bonds. The largest absolute Gasteiger partial charge is 0.309 e. The number of anilines is 1. The van der Waals surface area contributed by atoms with Crippen molar-refractivity contribution in [3.05, 3.63) is 66.2 Å². The lowest BCUT2D eigenvalue weighted by atomic mass is 10.0. The molecule has 2 aromatic carbocycles. The number of carbonyl (C=O) groups is 1. The molecule has 1 aliphatic rings. The van der Waals surface area contributed by atoms with Crippen LogP contribution in [0, 0.1) is 0 Å². The molecule has 1 saturated heterocycles. The Labute approximate surface area is 176 Å². The van der Waals surface area contributed by atoms with Gasteiger partial charge in [-0.15, -0.1) is 12.4 Å². The standard InChI is InChI=1S/C24H32N2O.ClH/c1-2-3-14-24(27)26(22-12-8-5-9-13-22)23-16-19-25(20-17-23)18-15-21-10-6-4-7-11-21;/h4-13,23H,2-3,14-20H2,1H3;1H. The van der Waals surface area contributed by atoms with Crippen molar-refractivity contribution in [3.63, 3.8) is 0 Å². The molecule has 28 heavy (non-hydrogen) atoms. The fraction of sp³-hybridized carbons (Fsp3) is 0.458. The number of para-hydroxylation sites is 1. The molecule has 3 rings (SSSR count). The number of carbonyl (C=O) groups excluding carboxylic acids is 1. The minimum atomic E-state index is 0. The van der Waals surface area contributed by atoms with Gasteiger partial charge in [0, 0.05) is 37.8 Å². The van der Waals surface area contributed by atoms with E-state index in [0.717, 1.165) is 57.4 Å². The lowest BCUT2D eigenvalue weighted by Gasteiger charge is -2.38. The molecule has 0 saturated carbocycles. The molecule has 0 aromatic heterocycles. The number of halogens is 1. The zero-order valence-corrected chi connectivity index (χ0v) is 17.7. The maximum atomic E-state index is 12.9. The molecule has 0 aliphatic carbocycles. The van der Waals surface area contributed by atoms with Crippen LogP contribution in [0.25, 0.3) is 0 Å². The van der Waals surface area contributed by atoms with Crippen molar-refractivity contribution >= 4 is 24.0 Å². The van der Waals surface area contributed by atoms with Gasteiger partial charge in [-0.1, -0.05) is 61.9 Å². The number of likely N-dealkylation sites (tertiary alicyclic amines) is 1. The number of unbranched alkanes of at least 4 members (excludes halogenated alkanes) is 1. The maximum absolute atomic E-state index is 12.9. The van der Waals surface area contributed by atoms with E-state index in [1.807, 2.05) is 18.2 Å². The Morgan fingerprint density at radius 2 is 1.61 bits per heavy atom. The SMILES string of the molecule is CCCCC(=O)N(c1ccccc1)C1CCN(CCc2ccccc2)CC1.Cl. The highest BCUT2D eigenvalue weighted by molar-refractivity contribution is 5.93. The van der Waals surface area contributed by atoms with E-state index in [2.05, 4.69) is 59.2 Å². The van der Waals surface area contributed by atoms with E-state index < -0.39 is 0 Å². The van der Waals surface area contributed by atoms with Crippen molar-refractivity contribution in [2.75, 3.05) is 24.5 Å². The smallest absolute Gasteiger partial charge is 0.227 e. The minimum Gasteiger partial charge on any atom is -0.309 e. The van der Waals surface area contributed by atoms with Crippen LogP contribution in [0.5, 0.6) is 0 Å². The molecule has 1 aliphatic heterocycles. The molecule has 0 unspecified atom stereocenters. The van der Waals surface area contributed by atoms with Gasteiger partial charge in [0.15, 0.2) is 0 Å². The van der Waals surface area contributed by atoms with Crippen molar-refractivity contribution in [3.8, 4) is 0 Å². The molecule has 0 N–H and O–H groups in total. The Balaban J connectivity index is 0.00000280. The molecule has 0 spiro atoms. The van der Waals surface area contributed by atoms with E-state index in [9.17, 15) is 4.79 Å². The monoisotopic (exact) mass is 400 g/mol. The topological polar surface area (TPSA) is 23.6 Å². The first-order chi connectivity index (χ1) is 13.3. The van der Waals surface area contributed by atoms with Crippen molar-refractivity contribution in [1.29, 1.82) is 0 Å². The summed E-state index contributed by atoms with van der Waals surface area (Å²) in [5.74, 6) is 0.283. The normalized spacial score (nSPS) is 15.0. The van der Waals surface area contributed by atoms with Gasteiger partial charge in [-0.2, -0.15) is 0 Å². The summed E-state index contributed by atoms with van der Waals surface area (Å²) < 4.78 is 0. The van der Waals surface area contributed by atoms with Gasteiger partial charge in [0.25, 0.3) is 0 Å². The quantitative estimate of drug-likeness (QED) is 0.597. The third-order valence-corrected chi connectivity index (χ3v) is 5.53. The van der Waals surface area contributed by atoms with Gasteiger partial charge in [0.1, 0.15) is 0 Å². The fourth-order valence-electron chi connectivity index (χ4n) is 3.93. The summed E-state index contributed by atoms with van der Waals surface area (Å²) in [6, 6.07) is 21.3. The zero-order valence-electron chi connectivity index (χ0n) is 16.9. The number of benzene rings is 2. The fourth-order valence-corrected chi connectivity index (χ4v) is 3.93. The number of hydrogen-bond acceptors (Lipinski definition) is 2. The highest BCUT2D eigenvalue weighted by Gasteiger charge is 2.28. The molecule has 2 aromatic rings. The highest BCUT2D eigenvalue weighted by atomic mass is 35.5. The number of hydrogen-bond donors (Lipinski definition) is 0. The average Bonchev–Trinajstić information content (AvgIpc) is 2.73. The number of amides is 1. The summed E-state index contributed by atoms with van der Waals surface area (Å²) >= 11 is 0. The second kappa shape index (κ2) is 11.9. The van der Waals surface area contributed by atoms with Crippen molar-refractivity contribution in [1.82, 2.24) is 4.90 Å². The number of rotatable bonds is 8. The summed E-state index contributed by atoms with van der Waals surface area (Å²) in [5.41, 5.74) is 2.46. The van der Waals surface area contributed by atoms with Crippen LogP contribution in [0.1, 0.15) is 44.6 Å². The van der Waals surface area contributed by atoms with E-state index in [1.54, 1.807) is 0 Å². The van der Waals surface area contributed by atoms with Crippen molar-refractivity contribution in [2.24, 2.45) is 0 Å². The summed E-state index contributed by atoms with van der Waals surface area (Å²) in [6.45, 7) is 5.39. The van der Waals surface area contributed by atoms with Gasteiger partial charge in [0.05, 0.1) is 0 Å². The van der Waals surface area contributed by atoms with E-state index in [-0.39, 0.29) is 18.3 Å². The van der Waals surface area contributed by atoms with Gasteiger partial charge in [0.2, 0.25) is 5.91 Å². The van der Waals surface area contributed by atoms with Gasteiger partial charge >= 0.3 is 0 Å². The Morgan fingerprint density at radius 3 is 2.21 bits per heavy atom. The second-order valence-electron chi connectivity index (χ2n) is 7.51. The molecule has 0 bridgehead atoms. The first-order valence-corrected chi connectivity index (χ1v) is 10.4. The number of piperidine rings is 1. The average molecular weight is 401 g/mol. The molecule has 3 nitrogen and oxygen atoms in total. The summed E-state index contributed by atoms with van der Waals surface area (Å²) in [4.78, 5) is 17.5. The zero-order chi connectivity index (χ0) is 18.9. The summed E-state index contributed by atoms with van der Waals surface area (Å²) in [6.07, 6.45) is 5.90. The molecule has 152 valence electrons. The van der Waals surface area contributed by atoms with Crippen molar-refractivity contribution in [2.45, 2.75) is 51.5 Å². The number of nitrogens with zero attached hydrogens (tertiary/aromatic N) is 2. The second-order valence-corrected chi connectivity index (χ2v) is 7.51. The predicted molar refractivity (Wildman–Crippen MR) is 120 cm³/mol. The van der Waals surface area contributed by atoms with Gasteiger partial charge in [-0.25, -0.2) is 0 Å². The van der Waals surface area contributed by atoms with Crippen molar-refractivity contribution < 1.29 is 4.79 Å². The summed E-state index contributed by atoms with van der Waals surface area (Å²) in [7, 11) is 0. The van der Waals surface area contributed by atoms with Gasteiger partial charge in [-0.05, 0) is 43.4 Å². The van der Waals surface area contributed by atoms with E-state index in [0.29, 0.717) is 12.5 Å². The molecule has 0 radical (unpaired) electrons. The van der Waals surface area contributed by atoms with Crippen LogP contribution in [0.2, 0.25) is 0 Å². The van der Waals surface area contributed by atoms with Crippen LogP contribution >= 0.6 is 12.4 Å². The molecule has 0 atom stereocenters. The predicted octanol–water partition coefficient (Wildman–Crippen LogP) is 5.34. The van der Waals surface area contributed by atoms with Crippen LogP contribution in [0.15, 0.2) is 60.7 Å². The van der Waals surface area contributed by atoms with Gasteiger partial charge in [-0.3, -0.25) is 4.79 Å². The van der Waals surface area contributed by atoms with Crippen LogP contribution in [0.4, 0.5) is 5.69 Å². The molecule has 1 heterocycles. The third kappa shape index (κ3) is 6.35. The third-order valence-electron chi connectivity index (χ3n) is 5.53. The lowest BCUT2D eigenvalue weighted by Crippen LogP contribution is -2.48.